The molecule has 0 aliphatic heterocycles. The lowest BCUT2D eigenvalue weighted by atomic mass is 10.2. The molecule has 9 heteroatoms. The van der Waals surface area contributed by atoms with Crippen molar-refractivity contribution >= 4 is 29.4 Å². The molecule has 1 aromatic heterocycles. The topological polar surface area (TPSA) is 118 Å². The molecular formula is C19H21N3O6. The van der Waals surface area contributed by atoms with Crippen LogP contribution in [0.15, 0.2) is 47.1 Å². The van der Waals surface area contributed by atoms with Crippen LogP contribution in [-0.4, -0.2) is 48.8 Å². The fraction of sp³-hybridized carbons (Fsp3) is 0.263. The number of furan rings is 1. The van der Waals surface area contributed by atoms with Gasteiger partial charge in [-0.05, 0) is 36.4 Å². The van der Waals surface area contributed by atoms with E-state index in [0.717, 1.165) is 4.90 Å². The number of nitrogens with zero attached hydrogens (tertiary/aromatic N) is 1. The van der Waals surface area contributed by atoms with Crippen LogP contribution < -0.4 is 10.6 Å². The first-order valence-electron chi connectivity index (χ1n) is 8.43. The smallest absolute Gasteiger partial charge is 0.338 e. The number of likely N-dealkylation sites (N-methyl/N-ethyl adjacent to an activating group) is 1. The van der Waals surface area contributed by atoms with Gasteiger partial charge >= 0.3 is 5.97 Å². The summed E-state index contributed by atoms with van der Waals surface area (Å²) in [5, 5.41) is 5.19. The van der Waals surface area contributed by atoms with E-state index in [-0.39, 0.29) is 30.5 Å². The number of benzene rings is 1. The van der Waals surface area contributed by atoms with Crippen LogP contribution in [0.5, 0.6) is 0 Å². The van der Waals surface area contributed by atoms with Crippen LogP contribution in [0, 0.1) is 0 Å². The van der Waals surface area contributed by atoms with E-state index in [1.165, 1.54) is 32.4 Å². The molecule has 1 heterocycles. The van der Waals surface area contributed by atoms with E-state index in [0.29, 0.717) is 11.4 Å². The van der Waals surface area contributed by atoms with Crippen molar-refractivity contribution in [3.05, 3.63) is 54.0 Å². The van der Waals surface area contributed by atoms with Gasteiger partial charge in [-0.15, -0.1) is 0 Å². The third-order valence-electron chi connectivity index (χ3n) is 3.61. The van der Waals surface area contributed by atoms with Crippen molar-refractivity contribution in [2.24, 2.45) is 0 Å². The molecule has 0 aliphatic rings. The summed E-state index contributed by atoms with van der Waals surface area (Å²) in [7, 11) is 1.44. The summed E-state index contributed by atoms with van der Waals surface area (Å²) in [6, 6.07) is 9.48. The predicted molar refractivity (Wildman–Crippen MR) is 99.2 cm³/mol. The zero-order chi connectivity index (χ0) is 20.5. The van der Waals surface area contributed by atoms with Crippen LogP contribution in [0.25, 0.3) is 0 Å². The third kappa shape index (κ3) is 6.60. The van der Waals surface area contributed by atoms with Gasteiger partial charge in [0.15, 0.2) is 6.61 Å². The first-order chi connectivity index (χ1) is 13.3. The molecule has 2 rings (SSSR count). The zero-order valence-electron chi connectivity index (χ0n) is 15.6. The number of ether oxygens (including phenoxy) is 1. The highest BCUT2D eigenvalue weighted by Gasteiger charge is 2.16. The third-order valence-corrected chi connectivity index (χ3v) is 3.61. The van der Waals surface area contributed by atoms with Crippen molar-refractivity contribution in [1.29, 1.82) is 0 Å². The van der Waals surface area contributed by atoms with E-state index < -0.39 is 18.5 Å². The molecule has 0 saturated carbocycles. The first-order valence-corrected chi connectivity index (χ1v) is 8.43. The van der Waals surface area contributed by atoms with E-state index in [1.54, 1.807) is 24.3 Å². The number of esters is 1. The quantitative estimate of drug-likeness (QED) is 0.657. The van der Waals surface area contributed by atoms with E-state index in [2.05, 4.69) is 10.6 Å². The van der Waals surface area contributed by atoms with Crippen LogP contribution in [0.3, 0.4) is 0 Å². The second-order valence-electron chi connectivity index (χ2n) is 5.94. The number of hydrogen-bond donors (Lipinski definition) is 2. The Kier molecular flexibility index (Phi) is 7.32. The van der Waals surface area contributed by atoms with Gasteiger partial charge < -0.3 is 24.7 Å². The molecule has 2 aromatic rings. The van der Waals surface area contributed by atoms with E-state index in [1.807, 2.05) is 0 Å². The molecule has 148 valence electrons. The van der Waals surface area contributed by atoms with Gasteiger partial charge in [-0.3, -0.25) is 14.4 Å². The molecule has 0 radical (unpaired) electrons. The Balaban J connectivity index is 1.74. The minimum atomic E-state index is -0.682. The van der Waals surface area contributed by atoms with Crippen molar-refractivity contribution in [3.63, 3.8) is 0 Å². The summed E-state index contributed by atoms with van der Waals surface area (Å²) in [4.78, 5) is 48.0. The number of nitrogens with one attached hydrogen (secondary N) is 2. The number of hydrogen-bond acceptors (Lipinski definition) is 6. The second-order valence-corrected chi connectivity index (χ2v) is 5.94. The van der Waals surface area contributed by atoms with Crippen molar-refractivity contribution in [1.82, 2.24) is 10.2 Å². The van der Waals surface area contributed by atoms with E-state index in [9.17, 15) is 19.2 Å². The largest absolute Gasteiger partial charge is 0.467 e. The molecule has 0 bridgehead atoms. The Morgan fingerprint density at radius 3 is 2.43 bits per heavy atom. The van der Waals surface area contributed by atoms with Crippen LogP contribution in [0.2, 0.25) is 0 Å². The standard InChI is InChI=1S/C19H21N3O6/c1-13(23)21-15-7-5-14(6-8-15)19(26)28-12-18(25)22(2)11-17(24)20-10-16-4-3-9-27-16/h3-9H,10-12H2,1-2H3,(H,20,24)(H,21,23). The van der Waals surface area contributed by atoms with Gasteiger partial charge in [-0.1, -0.05) is 0 Å². The summed E-state index contributed by atoms with van der Waals surface area (Å²) >= 11 is 0. The Labute approximate surface area is 161 Å². The summed E-state index contributed by atoms with van der Waals surface area (Å²) in [5.74, 6) is -1.19. The second kappa shape index (κ2) is 9.91. The highest BCUT2D eigenvalue weighted by molar-refractivity contribution is 5.93. The van der Waals surface area contributed by atoms with Crippen LogP contribution in [0.4, 0.5) is 5.69 Å². The number of amides is 3. The summed E-state index contributed by atoms with van der Waals surface area (Å²) < 4.78 is 10.1. The van der Waals surface area contributed by atoms with Gasteiger partial charge in [0.05, 0.1) is 24.9 Å². The molecule has 3 amide bonds. The minimum absolute atomic E-state index is 0.178. The van der Waals surface area contributed by atoms with Crippen molar-refractivity contribution < 1.29 is 28.3 Å². The van der Waals surface area contributed by atoms with Gasteiger partial charge in [0.2, 0.25) is 11.8 Å². The number of anilines is 1. The van der Waals surface area contributed by atoms with Crippen LogP contribution >= 0.6 is 0 Å². The first kappa shape index (κ1) is 20.7. The fourth-order valence-corrected chi connectivity index (χ4v) is 2.17. The number of carbonyl (C=O) groups is 4. The van der Waals surface area contributed by atoms with Gasteiger partial charge in [-0.25, -0.2) is 4.79 Å². The Morgan fingerprint density at radius 1 is 1.11 bits per heavy atom. The SMILES string of the molecule is CC(=O)Nc1ccc(C(=O)OCC(=O)N(C)CC(=O)NCc2ccco2)cc1. The molecule has 28 heavy (non-hydrogen) atoms. The lowest BCUT2D eigenvalue weighted by Crippen LogP contribution is -2.39. The van der Waals surface area contributed by atoms with Gasteiger partial charge in [-0.2, -0.15) is 0 Å². The highest BCUT2D eigenvalue weighted by Crippen LogP contribution is 2.10. The molecule has 1 aromatic carbocycles. The molecule has 0 unspecified atom stereocenters. The Morgan fingerprint density at radius 2 is 1.82 bits per heavy atom. The monoisotopic (exact) mass is 387 g/mol. The predicted octanol–water partition coefficient (Wildman–Crippen LogP) is 1.17. The molecule has 2 N–H and O–H groups in total. The van der Waals surface area contributed by atoms with Crippen molar-refractivity contribution in [2.75, 3.05) is 25.5 Å². The summed E-state index contributed by atoms with van der Waals surface area (Å²) in [6.45, 7) is 0.926. The lowest BCUT2D eigenvalue weighted by Gasteiger charge is -2.16. The van der Waals surface area contributed by atoms with Gasteiger partial charge in [0.1, 0.15) is 5.76 Å². The van der Waals surface area contributed by atoms with E-state index >= 15 is 0 Å². The minimum Gasteiger partial charge on any atom is -0.467 e. The Bertz CT molecular complexity index is 830. The maximum atomic E-state index is 12.0. The maximum absolute atomic E-state index is 12.0. The summed E-state index contributed by atoms with van der Waals surface area (Å²) in [6.07, 6.45) is 1.50. The van der Waals surface area contributed by atoms with Crippen molar-refractivity contribution in [2.45, 2.75) is 13.5 Å². The van der Waals surface area contributed by atoms with Crippen LogP contribution in [0.1, 0.15) is 23.0 Å². The number of rotatable bonds is 8. The molecule has 0 atom stereocenters. The summed E-state index contributed by atoms with van der Waals surface area (Å²) in [5.41, 5.74) is 0.779. The molecule has 0 saturated heterocycles. The molecule has 0 fully saturated rings. The molecular weight excluding hydrogens is 366 g/mol. The lowest BCUT2D eigenvalue weighted by molar-refractivity contribution is -0.137. The fourth-order valence-electron chi connectivity index (χ4n) is 2.17. The molecule has 0 spiro atoms. The normalized spacial score (nSPS) is 10.1. The number of carbonyl (C=O) groups excluding carboxylic acids is 4. The molecule has 9 nitrogen and oxygen atoms in total. The maximum Gasteiger partial charge on any atom is 0.338 e. The van der Waals surface area contributed by atoms with Crippen LogP contribution in [-0.2, 0) is 25.7 Å². The van der Waals surface area contributed by atoms with Gasteiger partial charge in [0, 0.05) is 19.7 Å². The zero-order valence-corrected chi connectivity index (χ0v) is 15.6. The average Bonchev–Trinajstić information content (AvgIpc) is 3.18. The van der Waals surface area contributed by atoms with Gasteiger partial charge in [0.25, 0.3) is 5.91 Å². The average molecular weight is 387 g/mol. The van der Waals surface area contributed by atoms with E-state index in [4.69, 9.17) is 9.15 Å². The Hall–Kier alpha value is -3.62. The highest BCUT2D eigenvalue weighted by atomic mass is 16.5. The van der Waals surface area contributed by atoms with Crippen molar-refractivity contribution in [3.8, 4) is 0 Å². The molecule has 0 aliphatic carbocycles.